The summed E-state index contributed by atoms with van der Waals surface area (Å²) in [6, 6.07) is 2.34. The minimum absolute atomic E-state index is 0.0862. The van der Waals surface area contributed by atoms with Crippen molar-refractivity contribution in [3.63, 3.8) is 0 Å². The zero-order valence-electron chi connectivity index (χ0n) is 10.9. The number of carbonyl (C=O) groups excluding carboxylic acids is 1. The van der Waals surface area contributed by atoms with Crippen molar-refractivity contribution in [3.05, 3.63) is 40.4 Å². The Morgan fingerprint density at radius 1 is 1.33 bits per heavy atom. The number of benzene rings is 1. The largest absolute Gasteiger partial charge is 0.325 e. The van der Waals surface area contributed by atoms with Crippen molar-refractivity contribution >= 4 is 28.2 Å². The maximum absolute atomic E-state index is 13.4. The molecule has 5 nitrogen and oxygen atoms in total. The normalized spacial score (nSPS) is 13.6. The molecule has 1 aliphatic heterocycles. The molecule has 3 rings (SSSR count). The fraction of sp³-hybridized carbons (Fsp3) is 0.231. The molecule has 2 amide bonds. The lowest BCUT2D eigenvalue weighted by molar-refractivity contribution is 0.262. The molecule has 1 aromatic carbocycles. The summed E-state index contributed by atoms with van der Waals surface area (Å²) < 4.78 is 26.2. The van der Waals surface area contributed by atoms with Gasteiger partial charge in [0.1, 0.15) is 11.6 Å². The second kappa shape index (κ2) is 5.74. The van der Waals surface area contributed by atoms with Gasteiger partial charge in [-0.3, -0.25) is 5.32 Å². The summed E-state index contributed by atoms with van der Waals surface area (Å²) >= 11 is 1.38. The summed E-state index contributed by atoms with van der Waals surface area (Å²) in [5, 5.41) is 8.56. The number of amides is 2. The molecule has 0 spiro atoms. The monoisotopic (exact) mass is 310 g/mol. The van der Waals surface area contributed by atoms with E-state index in [0.29, 0.717) is 11.2 Å². The van der Waals surface area contributed by atoms with Gasteiger partial charge in [-0.15, -0.1) is 11.3 Å². The lowest BCUT2D eigenvalue weighted by atomic mass is 10.2. The fourth-order valence-corrected chi connectivity index (χ4v) is 2.99. The summed E-state index contributed by atoms with van der Waals surface area (Å²) in [6.07, 6.45) is 0.821. The van der Waals surface area contributed by atoms with Crippen LogP contribution in [0.1, 0.15) is 10.6 Å². The van der Waals surface area contributed by atoms with Crippen molar-refractivity contribution in [3.8, 4) is 0 Å². The number of aromatic nitrogens is 1. The second-order valence-electron chi connectivity index (χ2n) is 4.52. The van der Waals surface area contributed by atoms with Crippen molar-refractivity contribution in [2.75, 3.05) is 17.2 Å². The lowest BCUT2D eigenvalue weighted by Gasteiger charge is -2.09. The van der Waals surface area contributed by atoms with E-state index in [2.05, 4.69) is 20.9 Å². The molecule has 110 valence electrons. The van der Waals surface area contributed by atoms with Crippen LogP contribution in [0.4, 0.5) is 24.4 Å². The maximum Gasteiger partial charge on any atom is 0.325 e. The molecule has 0 atom stereocenters. The number of hydrogen-bond acceptors (Lipinski definition) is 4. The molecule has 0 fully saturated rings. The summed E-state index contributed by atoms with van der Waals surface area (Å²) in [7, 11) is 0. The number of fused-ring (bicyclic) bond motifs is 1. The van der Waals surface area contributed by atoms with Gasteiger partial charge < -0.3 is 10.6 Å². The highest BCUT2D eigenvalue weighted by atomic mass is 32.1. The van der Waals surface area contributed by atoms with Gasteiger partial charge in [-0.1, -0.05) is 0 Å². The summed E-state index contributed by atoms with van der Waals surface area (Å²) in [4.78, 5) is 17.2. The first-order valence-electron chi connectivity index (χ1n) is 6.34. The Morgan fingerprint density at radius 2 is 2.19 bits per heavy atom. The summed E-state index contributed by atoms with van der Waals surface area (Å²) in [6.45, 7) is 1.60. The first-order chi connectivity index (χ1) is 10.1. The summed E-state index contributed by atoms with van der Waals surface area (Å²) in [5.41, 5.74) is 0.888. The Kier molecular flexibility index (Phi) is 3.80. The lowest BCUT2D eigenvalue weighted by Crippen LogP contribution is -2.22. The molecule has 21 heavy (non-hydrogen) atoms. The molecular formula is C13H12F2N4OS. The molecule has 0 saturated heterocycles. The number of anilines is 2. The average molecular weight is 310 g/mol. The molecule has 0 radical (unpaired) electrons. The van der Waals surface area contributed by atoms with Gasteiger partial charge in [0.25, 0.3) is 0 Å². The van der Waals surface area contributed by atoms with Gasteiger partial charge in [0, 0.05) is 30.5 Å². The predicted molar refractivity (Wildman–Crippen MR) is 76.5 cm³/mol. The first kappa shape index (κ1) is 13.9. The zero-order valence-corrected chi connectivity index (χ0v) is 11.7. The molecule has 8 heteroatoms. The third-order valence-corrected chi connectivity index (χ3v) is 4.02. The third-order valence-electron chi connectivity index (χ3n) is 3.00. The highest BCUT2D eigenvalue weighted by Crippen LogP contribution is 2.25. The van der Waals surface area contributed by atoms with Crippen molar-refractivity contribution in [1.82, 2.24) is 10.3 Å². The number of rotatable bonds is 2. The standard InChI is InChI=1S/C13H12F2N4OS/c14-7-1-2-9(8(15)5-7)17-12(20)19-13-18-10-3-4-16-6-11(10)21-13/h1-2,5,16H,3-4,6H2,(H2,17,18,19,20). The van der Waals surface area contributed by atoms with Crippen molar-refractivity contribution in [1.29, 1.82) is 0 Å². The summed E-state index contributed by atoms with van der Waals surface area (Å²) in [5.74, 6) is -1.52. The van der Waals surface area contributed by atoms with Gasteiger partial charge in [-0.05, 0) is 12.1 Å². The molecule has 3 N–H and O–H groups in total. The molecule has 0 saturated carbocycles. The third kappa shape index (κ3) is 3.17. The van der Waals surface area contributed by atoms with Gasteiger partial charge in [0.05, 0.1) is 11.4 Å². The SMILES string of the molecule is O=C(Nc1nc2c(s1)CNCC2)Nc1ccc(F)cc1F. The number of carbonyl (C=O) groups is 1. The molecule has 1 aliphatic rings. The van der Waals surface area contributed by atoms with Crippen LogP contribution in [-0.4, -0.2) is 17.6 Å². The quantitative estimate of drug-likeness (QED) is 0.799. The molecule has 2 aromatic rings. The second-order valence-corrected chi connectivity index (χ2v) is 5.60. The first-order valence-corrected chi connectivity index (χ1v) is 7.16. The van der Waals surface area contributed by atoms with E-state index in [0.717, 1.165) is 36.1 Å². The van der Waals surface area contributed by atoms with E-state index in [9.17, 15) is 13.6 Å². The van der Waals surface area contributed by atoms with Gasteiger partial charge in [0.15, 0.2) is 5.13 Å². The van der Waals surface area contributed by atoms with E-state index >= 15 is 0 Å². The number of hydrogen-bond donors (Lipinski definition) is 3. The smallest absolute Gasteiger partial charge is 0.311 e. The van der Waals surface area contributed by atoms with Crippen LogP contribution in [0.3, 0.4) is 0 Å². The number of nitrogens with zero attached hydrogens (tertiary/aromatic N) is 1. The Morgan fingerprint density at radius 3 is 2.95 bits per heavy atom. The van der Waals surface area contributed by atoms with Crippen LogP contribution in [0.15, 0.2) is 18.2 Å². The molecule has 2 heterocycles. The minimum Gasteiger partial charge on any atom is -0.311 e. The van der Waals surface area contributed by atoms with E-state index in [-0.39, 0.29) is 5.69 Å². The number of nitrogens with one attached hydrogen (secondary N) is 3. The van der Waals surface area contributed by atoms with E-state index in [4.69, 9.17) is 0 Å². The van der Waals surface area contributed by atoms with Gasteiger partial charge in [-0.25, -0.2) is 18.6 Å². The Labute approximate surface area is 123 Å². The molecule has 1 aromatic heterocycles. The van der Waals surface area contributed by atoms with E-state index in [1.807, 2.05) is 0 Å². The van der Waals surface area contributed by atoms with Crippen LogP contribution in [0.25, 0.3) is 0 Å². The number of thiazole rings is 1. The van der Waals surface area contributed by atoms with Crippen molar-refractivity contribution < 1.29 is 13.6 Å². The Hall–Kier alpha value is -2.06. The number of halogens is 2. The minimum atomic E-state index is -0.826. The molecule has 0 unspecified atom stereocenters. The Bertz CT molecular complexity index is 665. The highest BCUT2D eigenvalue weighted by molar-refractivity contribution is 7.15. The molecule has 0 bridgehead atoms. The van der Waals surface area contributed by atoms with Gasteiger partial charge >= 0.3 is 6.03 Å². The number of urea groups is 1. The van der Waals surface area contributed by atoms with Gasteiger partial charge in [0.2, 0.25) is 0 Å². The van der Waals surface area contributed by atoms with Crippen LogP contribution >= 0.6 is 11.3 Å². The zero-order chi connectivity index (χ0) is 14.8. The Balaban J connectivity index is 1.67. The van der Waals surface area contributed by atoms with Crippen LogP contribution < -0.4 is 16.0 Å². The maximum atomic E-state index is 13.4. The average Bonchev–Trinajstić information content (AvgIpc) is 2.84. The van der Waals surface area contributed by atoms with Gasteiger partial charge in [-0.2, -0.15) is 0 Å². The van der Waals surface area contributed by atoms with Crippen molar-refractivity contribution in [2.24, 2.45) is 0 Å². The van der Waals surface area contributed by atoms with Crippen molar-refractivity contribution in [2.45, 2.75) is 13.0 Å². The van der Waals surface area contributed by atoms with E-state index in [1.165, 1.54) is 17.4 Å². The van der Waals surface area contributed by atoms with Crippen LogP contribution in [0.2, 0.25) is 0 Å². The van der Waals surface area contributed by atoms with E-state index < -0.39 is 17.7 Å². The van der Waals surface area contributed by atoms with E-state index in [1.54, 1.807) is 0 Å². The fourth-order valence-electron chi connectivity index (χ4n) is 2.02. The van der Waals surface area contributed by atoms with Crippen LogP contribution in [0.5, 0.6) is 0 Å². The van der Waals surface area contributed by atoms with Crippen LogP contribution in [0, 0.1) is 11.6 Å². The van der Waals surface area contributed by atoms with Crippen LogP contribution in [-0.2, 0) is 13.0 Å². The molecular weight excluding hydrogens is 298 g/mol. The molecule has 0 aliphatic carbocycles. The predicted octanol–water partition coefficient (Wildman–Crippen LogP) is 2.71. The highest BCUT2D eigenvalue weighted by Gasteiger charge is 2.16. The topological polar surface area (TPSA) is 66.0 Å².